The molecule has 1 unspecified atom stereocenters. The van der Waals surface area contributed by atoms with E-state index in [0.717, 1.165) is 10.8 Å². The molecule has 9 heteroatoms. The average Bonchev–Trinajstić information content (AvgIpc) is 2.87. The number of aromatic hydroxyl groups is 1. The molecule has 3 heterocycles. The van der Waals surface area contributed by atoms with Crippen molar-refractivity contribution in [3.05, 3.63) is 27.0 Å². The fraction of sp³-hybridized carbons (Fsp3) is 0.667. The molecule has 21 heavy (non-hydrogen) atoms. The van der Waals surface area contributed by atoms with Crippen LogP contribution < -0.4 is 11.2 Å². The number of aliphatic hydroxyl groups is 1. The normalized spacial score (nSPS) is 34.0. The predicted molar refractivity (Wildman–Crippen MR) is 67.8 cm³/mol. The fourth-order valence-corrected chi connectivity index (χ4v) is 2.69. The summed E-state index contributed by atoms with van der Waals surface area (Å²) in [4.78, 5) is 25.1. The lowest BCUT2D eigenvalue weighted by Gasteiger charge is -2.24. The second-order valence-corrected chi connectivity index (χ2v) is 5.49. The van der Waals surface area contributed by atoms with Gasteiger partial charge in [0.15, 0.2) is 17.8 Å². The first-order chi connectivity index (χ1) is 9.82. The van der Waals surface area contributed by atoms with Crippen molar-refractivity contribution in [2.75, 3.05) is 6.61 Å². The standard InChI is InChI=1S/C12H16N2O7/c1-12(2)20-7-6(4-15)19-10(8(7)21-12)14-3-5(16)9(17)13-11(14)18/h3,6-8,10,15-16H,4H2,1-2H3,(H,13,17,18)/t6-,7+,8?,10-/m1/s1. The lowest BCUT2D eigenvalue weighted by atomic mass is 10.1. The van der Waals surface area contributed by atoms with Gasteiger partial charge in [0.25, 0.3) is 5.56 Å². The van der Waals surface area contributed by atoms with Crippen LogP contribution in [0.25, 0.3) is 0 Å². The zero-order valence-corrected chi connectivity index (χ0v) is 11.5. The van der Waals surface area contributed by atoms with Gasteiger partial charge in [0.1, 0.15) is 18.3 Å². The van der Waals surface area contributed by atoms with Crippen molar-refractivity contribution in [1.82, 2.24) is 9.55 Å². The van der Waals surface area contributed by atoms with E-state index in [-0.39, 0.29) is 6.61 Å². The molecule has 2 fully saturated rings. The van der Waals surface area contributed by atoms with Gasteiger partial charge in [-0.25, -0.2) is 4.79 Å². The van der Waals surface area contributed by atoms with Crippen molar-refractivity contribution in [1.29, 1.82) is 0 Å². The number of aromatic amines is 1. The van der Waals surface area contributed by atoms with E-state index < -0.39 is 47.3 Å². The summed E-state index contributed by atoms with van der Waals surface area (Å²) in [6.07, 6.45) is -1.78. The molecule has 0 saturated carbocycles. The Bertz CT molecular complexity index is 664. The molecule has 0 spiro atoms. The first kappa shape index (κ1) is 14.3. The molecule has 1 aromatic rings. The average molecular weight is 300 g/mol. The Kier molecular flexibility index (Phi) is 3.17. The molecule has 0 amide bonds. The van der Waals surface area contributed by atoms with Gasteiger partial charge in [-0.1, -0.05) is 0 Å². The van der Waals surface area contributed by atoms with Crippen molar-refractivity contribution in [2.24, 2.45) is 0 Å². The van der Waals surface area contributed by atoms with Crippen molar-refractivity contribution >= 4 is 0 Å². The molecule has 2 aliphatic heterocycles. The number of nitrogens with zero attached hydrogens (tertiary/aromatic N) is 1. The third-order valence-corrected chi connectivity index (χ3v) is 3.53. The molecule has 0 radical (unpaired) electrons. The number of hydrogen-bond donors (Lipinski definition) is 3. The van der Waals surface area contributed by atoms with Crippen molar-refractivity contribution in [3.8, 4) is 5.75 Å². The van der Waals surface area contributed by atoms with Gasteiger partial charge in [0.2, 0.25) is 0 Å². The molecule has 2 aliphatic rings. The second kappa shape index (κ2) is 4.67. The van der Waals surface area contributed by atoms with Gasteiger partial charge in [-0.15, -0.1) is 0 Å². The van der Waals surface area contributed by atoms with Gasteiger partial charge in [0, 0.05) is 0 Å². The van der Waals surface area contributed by atoms with Gasteiger partial charge in [-0.05, 0) is 13.8 Å². The summed E-state index contributed by atoms with van der Waals surface area (Å²) >= 11 is 0. The van der Waals surface area contributed by atoms with E-state index in [1.54, 1.807) is 13.8 Å². The summed E-state index contributed by atoms with van der Waals surface area (Å²) in [6, 6.07) is 0. The molecule has 0 aromatic carbocycles. The topological polar surface area (TPSA) is 123 Å². The van der Waals surface area contributed by atoms with E-state index in [1.807, 2.05) is 4.98 Å². The molecule has 3 rings (SSSR count). The number of H-pyrrole nitrogens is 1. The van der Waals surface area contributed by atoms with E-state index in [4.69, 9.17) is 14.2 Å². The van der Waals surface area contributed by atoms with Crippen molar-refractivity contribution in [2.45, 2.75) is 44.2 Å². The first-order valence-corrected chi connectivity index (χ1v) is 6.49. The Morgan fingerprint density at radius 2 is 2.00 bits per heavy atom. The van der Waals surface area contributed by atoms with Crippen LogP contribution in [0.1, 0.15) is 20.1 Å². The monoisotopic (exact) mass is 300 g/mol. The maximum Gasteiger partial charge on any atom is 0.330 e. The molecule has 4 atom stereocenters. The summed E-state index contributed by atoms with van der Waals surface area (Å²) in [5, 5.41) is 18.8. The molecule has 116 valence electrons. The Morgan fingerprint density at radius 1 is 1.33 bits per heavy atom. The number of hydrogen-bond acceptors (Lipinski definition) is 7. The molecular formula is C12H16N2O7. The number of nitrogens with one attached hydrogen (secondary N) is 1. The molecule has 2 saturated heterocycles. The highest BCUT2D eigenvalue weighted by atomic mass is 16.8. The van der Waals surface area contributed by atoms with Crippen LogP contribution in [0.15, 0.2) is 15.8 Å². The minimum absolute atomic E-state index is 0.304. The second-order valence-electron chi connectivity index (χ2n) is 5.49. The molecule has 0 bridgehead atoms. The number of aliphatic hydroxyl groups excluding tert-OH is 1. The van der Waals surface area contributed by atoms with E-state index in [9.17, 15) is 19.8 Å². The summed E-state index contributed by atoms with van der Waals surface area (Å²) in [7, 11) is 0. The lowest BCUT2D eigenvalue weighted by Crippen LogP contribution is -2.37. The minimum atomic E-state index is -0.913. The smallest absolute Gasteiger partial charge is 0.330 e. The summed E-state index contributed by atoms with van der Waals surface area (Å²) in [5.41, 5.74) is -1.62. The zero-order valence-electron chi connectivity index (χ0n) is 11.5. The van der Waals surface area contributed by atoms with E-state index in [2.05, 4.69) is 0 Å². The lowest BCUT2D eigenvalue weighted by molar-refractivity contribution is -0.200. The third-order valence-electron chi connectivity index (χ3n) is 3.53. The minimum Gasteiger partial charge on any atom is -0.502 e. The van der Waals surface area contributed by atoms with E-state index in [0.29, 0.717) is 0 Å². The van der Waals surface area contributed by atoms with Crippen LogP contribution >= 0.6 is 0 Å². The third kappa shape index (κ3) is 2.27. The van der Waals surface area contributed by atoms with Crippen molar-refractivity contribution < 1.29 is 24.4 Å². The highest BCUT2D eigenvalue weighted by Gasteiger charge is 2.55. The van der Waals surface area contributed by atoms with Crippen LogP contribution in [0.2, 0.25) is 0 Å². The first-order valence-electron chi connectivity index (χ1n) is 6.49. The Morgan fingerprint density at radius 3 is 2.67 bits per heavy atom. The molecule has 9 nitrogen and oxygen atoms in total. The number of ether oxygens (including phenoxy) is 3. The molecular weight excluding hydrogens is 284 g/mol. The Balaban J connectivity index is 2.01. The van der Waals surface area contributed by atoms with E-state index in [1.165, 1.54) is 0 Å². The SMILES string of the molecule is CC1(C)OC2[C@@H](O1)[C@@H](CO)O[C@H]2n1cc(O)c(=O)[nH]c1=O. The van der Waals surface area contributed by atoms with Gasteiger partial charge >= 0.3 is 5.69 Å². The van der Waals surface area contributed by atoms with Gasteiger partial charge in [0.05, 0.1) is 12.8 Å². The van der Waals surface area contributed by atoms with Gasteiger partial charge < -0.3 is 24.4 Å². The van der Waals surface area contributed by atoms with Crippen LogP contribution in [0.3, 0.4) is 0 Å². The predicted octanol–water partition coefficient (Wildman–Crippen LogP) is -1.35. The Hall–Kier alpha value is -1.68. The fourth-order valence-electron chi connectivity index (χ4n) is 2.69. The van der Waals surface area contributed by atoms with E-state index >= 15 is 0 Å². The molecule has 0 aliphatic carbocycles. The number of rotatable bonds is 2. The largest absolute Gasteiger partial charge is 0.502 e. The van der Waals surface area contributed by atoms with Gasteiger partial charge in [-0.3, -0.25) is 14.3 Å². The maximum atomic E-state index is 11.9. The van der Waals surface area contributed by atoms with Crippen LogP contribution in [0, 0.1) is 0 Å². The van der Waals surface area contributed by atoms with Crippen LogP contribution in [-0.4, -0.2) is 50.5 Å². The molecule has 1 aromatic heterocycles. The summed E-state index contributed by atoms with van der Waals surface area (Å²) < 4.78 is 18.0. The Labute approximate surface area is 118 Å². The number of fused-ring (bicyclic) bond motifs is 1. The summed E-state index contributed by atoms with van der Waals surface area (Å²) in [5.74, 6) is -1.49. The van der Waals surface area contributed by atoms with Crippen molar-refractivity contribution in [3.63, 3.8) is 0 Å². The number of aromatic nitrogens is 2. The highest BCUT2D eigenvalue weighted by molar-refractivity contribution is 5.10. The summed E-state index contributed by atoms with van der Waals surface area (Å²) in [6.45, 7) is 3.12. The van der Waals surface area contributed by atoms with Gasteiger partial charge in [-0.2, -0.15) is 0 Å². The maximum absolute atomic E-state index is 11.9. The highest BCUT2D eigenvalue weighted by Crippen LogP contribution is 2.42. The van der Waals surface area contributed by atoms with Crippen LogP contribution in [-0.2, 0) is 14.2 Å². The zero-order chi connectivity index (χ0) is 15.4. The molecule has 3 N–H and O–H groups in total. The van der Waals surface area contributed by atoms with Crippen LogP contribution in [0.5, 0.6) is 5.75 Å². The van der Waals surface area contributed by atoms with Crippen LogP contribution in [0.4, 0.5) is 0 Å². The quantitative estimate of drug-likeness (QED) is 0.617.